The molecule has 9 heteroatoms. The second-order valence-corrected chi connectivity index (χ2v) is 5.90. The third-order valence-corrected chi connectivity index (χ3v) is 4.02. The lowest BCUT2D eigenvalue weighted by Crippen LogP contribution is -2.14. The molecule has 0 saturated heterocycles. The molecule has 0 atom stereocenters. The monoisotopic (exact) mass is 375 g/mol. The average molecular weight is 375 g/mol. The maximum Gasteiger partial charge on any atom is 0.255 e. The molecule has 0 aliphatic heterocycles. The van der Waals surface area contributed by atoms with E-state index in [1.54, 1.807) is 36.8 Å². The third-order valence-electron chi connectivity index (χ3n) is 4.02. The largest absolute Gasteiger partial charge is 0.490 e. The third kappa shape index (κ3) is 4.04. The van der Waals surface area contributed by atoms with Crippen LogP contribution in [0.2, 0.25) is 0 Å². The molecule has 9 nitrogen and oxygen atoms in total. The molecular formula is C19H17N7O2. The number of hydrogen-bond acceptors (Lipinski definition) is 6. The second kappa shape index (κ2) is 8.12. The van der Waals surface area contributed by atoms with Gasteiger partial charge in [0, 0.05) is 18.0 Å². The van der Waals surface area contributed by atoms with E-state index in [1.165, 1.54) is 11.0 Å². The normalized spacial score (nSPS) is 10.6. The molecule has 0 unspecified atom stereocenters. The first-order chi connectivity index (χ1) is 13.8. The first-order valence-electron chi connectivity index (χ1n) is 8.62. The van der Waals surface area contributed by atoms with Gasteiger partial charge in [-0.3, -0.25) is 4.79 Å². The zero-order chi connectivity index (χ0) is 19.2. The molecule has 0 saturated carbocycles. The Morgan fingerprint density at radius 1 is 1.11 bits per heavy atom. The van der Waals surface area contributed by atoms with Crippen molar-refractivity contribution in [1.82, 2.24) is 29.8 Å². The van der Waals surface area contributed by atoms with Crippen LogP contribution in [0.5, 0.6) is 5.75 Å². The molecular weight excluding hydrogens is 358 g/mol. The number of para-hydroxylation sites is 2. The van der Waals surface area contributed by atoms with E-state index >= 15 is 0 Å². The molecule has 4 aromatic rings. The number of rotatable bonds is 7. The van der Waals surface area contributed by atoms with E-state index in [1.807, 2.05) is 35.0 Å². The molecule has 0 radical (unpaired) electrons. The Hall–Kier alpha value is -4.01. The highest BCUT2D eigenvalue weighted by Gasteiger charge is 2.11. The van der Waals surface area contributed by atoms with Gasteiger partial charge in [0.05, 0.1) is 24.2 Å². The lowest BCUT2D eigenvalue weighted by Gasteiger charge is -2.13. The number of nitrogens with zero attached hydrogens (tertiary/aromatic N) is 6. The van der Waals surface area contributed by atoms with Gasteiger partial charge in [-0.15, -0.1) is 5.10 Å². The van der Waals surface area contributed by atoms with Crippen molar-refractivity contribution in [2.75, 3.05) is 11.9 Å². The Kier molecular flexibility index (Phi) is 5.05. The number of carbonyl (C=O) groups excluding carboxylic acids is 1. The number of amides is 1. The first kappa shape index (κ1) is 17.4. The van der Waals surface area contributed by atoms with Gasteiger partial charge >= 0.3 is 0 Å². The number of anilines is 1. The standard InChI is InChI=1S/C19H17N7O2/c27-19(15-4-3-5-16(12-15)26-14-21-23-24-26)22-17-6-1-2-7-18(17)28-11-10-25-9-8-20-13-25/h1-9,12-14H,10-11H2,(H,22,27). The summed E-state index contributed by atoms with van der Waals surface area (Å²) in [5.41, 5.74) is 1.79. The molecule has 0 aliphatic carbocycles. The van der Waals surface area contributed by atoms with Crippen LogP contribution in [0.1, 0.15) is 10.4 Å². The van der Waals surface area contributed by atoms with Gasteiger partial charge < -0.3 is 14.6 Å². The van der Waals surface area contributed by atoms with Crippen LogP contribution in [0.15, 0.2) is 73.6 Å². The van der Waals surface area contributed by atoms with Crippen LogP contribution in [0.3, 0.4) is 0 Å². The van der Waals surface area contributed by atoms with E-state index in [0.29, 0.717) is 35.8 Å². The fraction of sp³-hybridized carbons (Fsp3) is 0.105. The molecule has 1 N–H and O–H groups in total. The van der Waals surface area contributed by atoms with E-state index < -0.39 is 0 Å². The summed E-state index contributed by atoms with van der Waals surface area (Å²) in [6.07, 6.45) is 6.79. The number of nitrogens with one attached hydrogen (secondary N) is 1. The summed E-state index contributed by atoms with van der Waals surface area (Å²) in [5, 5.41) is 14.0. The fourth-order valence-electron chi connectivity index (χ4n) is 2.64. The van der Waals surface area contributed by atoms with E-state index in [0.717, 1.165) is 0 Å². The van der Waals surface area contributed by atoms with Crippen LogP contribution in [-0.4, -0.2) is 42.3 Å². The van der Waals surface area contributed by atoms with Crippen molar-refractivity contribution >= 4 is 11.6 Å². The molecule has 2 aromatic carbocycles. The van der Waals surface area contributed by atoms with Gasteiger partial charge in [-0.1, -0.05) is 18.2 Å². The second-order valence-electron chi connectivity index (χ2n) is 5.90. The zero-order valence-corrected chi connectivity index (χ0v) is 14.8. The topological polar surface area (TPSA) is 99.8 Å². The summed E-state index contributed by atoms with van der Waals surface area (Å²) in [4.78, 5) is 16.7. The Morgan fingerprint density at radius 3 is 2.86 bits per heavy atom. The summed E-state index contributed by atoms with van der Waals surface area (Å²) in [6.45, 7) is 1.12. The van der Waals surface area contributed by atoms with Crippen molar-refractivity contribution < 1.29 is 9.53 Å². The van der Waals surface area contributed by atoms with Crippen LogP contribution in [0.4, 0.5) is 5.69 Å². The van der Waals surface area contributed by atoms with E-state index in [9.17, 15) is 4.79 Å². The van der Waals surface area contributed by atoms with E-state index in [4.69, 9.17) is 4.74 Å². The number of tetrazole rings is 1. The van der Waals surface area contributed by atoms with Crippen molar-refractivity contribution in [2.45, 2.75) is 6.54 Å². The van der Waals surface area contributed by atoms with E-state index in [-0.39, 0.29) is 5.91 Å². The van der Waals surface area contributed by atoms with Crippen molar-refractivity contribution in [3.8, 4) is 11.4 Å². The Bertz CT molecular complexity index is 1050. The molecule has 0 bridgehead atoms. The summed E-state index contributed by atoms with van der Waals surface area (Å²) in [6, 6.07) is 14.4. The van der Waals surface area contributed by atoms with E-state index in [2.05, 4.69) is 25.8 Å². The van der Waals surface area contributed by atoms with Gasteiger partial charge in [0.15, 0.2) is 0 Å². The van der Waals surface area contributed by atoms with Gasteiger partial charge in [0.25, 0.3) is 5.91 Å². The minimum atomic E-state index is -0.249. The van der Waals surface area contributed by atoms with Gasteiger partial charge in [0.2, 0.25) is 0 Å². The lowest BCUT2D eigenvalue weighted by atomic mass is 10.2. The highest BCUT2D eigenvalue weighted by atomic mass is 16.5. The zero-order valence-electron chi connectivity index (χ0n) is 14.8. The molecule has 0 aliphatic rings. The molecule has 4 rings (SSSR count). The molecule has 140 valence electrons. The predicted octanol–water partition coefficient (Wildman–Crippen LogP) is 2.19. The maximum absolute atomic E-state index is 12.7. The Labute approximate surface area is 160 Å². The van der Waals surface area contributed by atoms with Gasteiger partial charge in [-0.2, -0.15) is 0 Å². The van der Waals surface area contributed by atoms with Gasteiger partial charge in [0.1, 0.15) is 18.7 Å². The smallest absolute Gasteiger partial charge is 0.255 e. The molecule has 1 amide bonds. The lowest BCUT2D eigenvalue weighted by molar-refractivity contribution is 0.102. The van der Waals surface area contributed by atoms with Gasteiger partial charge in [-0.25, -0.2) is 9.67 Å². The minimum absolute atomic E-state index is 0.249. The quantitative estimate of drug-likeness (QED) is 0.531. The first-order valence-corrected chi connectivity index (χ1v) is 8.62. The van der Waals surface area contributed by atoms with Crippen LogP contribution in [0, 0.1) is 0 Å². The highest BCUT2D eigenvalue weighted by molar-refractivity contribution is 6.05. The number of imidazole rings is 1. The fourth-order valence-corrected chi connectivity index (χ4v) is 2.64. The number of benzene rings is 2. The number of carbonyl (C=O) groups is 1. The molecule has 28 heavy (non-hydrogen) atoms. The average Bonchev–Trinajstić information content (AvgIpc) is 3.44. The molecule has 0 spiro atoms. The molecule has 0 fully saturated rings. The van der Waals surface area contributed by atoms with Crippen LogP contribution in [-0.2, 0) is 6.54 Å². The number of aromatic nitrogens is 6. The molecule has 2 aromatic heterocycles. The van der Waals surface area contributed by atoms with Crippen LogP contribution >= 0.6 is 0 Å². The maximum atomic E-state index is 12.7. The predicted molar refractivity (Wildman–Crippen MR) is 101 cm³/mol. The van der Waals surface area contributed by atoms with Gasteiger partial charge in [-0.05, 0) is 40.8 Å². The minimum Gasteiger partial charge on any atom is -0.490 e. The van der Waals surface area contributed by atoms with Crippen molar-refractivity contribution in [2.24, 2.45) is 0 Å². The Balaban J connectivity index is 1.45. The van der Waals surface area contributed by atoms with Crippen molar-refractivity contribution in [3.05, 3.63) is 79.1 Å². The summed E-state index contributed by atoms with van der Waals surface area (Å²) >= 11 is 0. The van der Waals surface area contributed by atoms with Crippen molar-refractivity contribution in [3.63, 3.8) is 0 Å². The number of hydrogen-bond donors (Lipinski definition) is 1. The highest BCUT2D eigenvalue weighted by Crippen LogP contribution is 2.24. The van der Waals surface area contributed by atoms with Crippen LogP contribution in [0.25, 0.3) is 5.69 Å². The number of ether oxygens (including phenoxy) is 1. The van der Waals surface area contributed by atoms with Crippen molar-refractivity contribution in [1.29, 1.82) is 0 Å². The SMILES string of the molecule is O=C(Nc1ccccc1OCCn1ccnc1)c1cccc(-n2cnnn2)c1. The summed E-state index contributed by atoms with van der Waals surface area (Å²) in [7, 11) is 0. The molecule has 2 heterocycles. The van der Waals surface area contributed by atoms with Crippen LogP contribution < -0.4 is 10.1 Å². The Morgan fingerprint density at radius 2 is 2.04 bits per heavy atom. The summed E-state index contributed by atoms with van der Waals surface area (Å²) in [5.74, 6) is 0.355. The summed E-state index contributed by atoms with van der Waals surface area (Å²) < 4.78 is 9.25.